The van der Waals surface area contributed by atoms with Crippen molar-refractivity contribution in [1.82, 2.24) is 4.90 Å². The van der Waals surface area contributed by atoms with Gasteiger partial charge >= 0.3 is 0 Å². The Kier molecular flexibility index (Phi) is 3.68. The molecule has 1 aliphatic heterocycles. The molecule has 2 saturated carbocycles. The second-order valence-electron chi connectivity index (χ2n) is 7.90. The van der Waals surface area contributed by atoms with E-state index in [1.807, 2.05) is 0 Å². The van der Waals surface area contributed by atoms with Gasteiger partial charge < -0.3 is 5.11 Å². The molecule has 0 bridgehead atoms. The van der Waals surface area contributed by atoms with Crippen molar-refractivity contribution in [3.63, 3.8) is 0 Å². The van der Waals surface area contributed by atoms with E-state index in [2.05, 4.69) is 18.7 Å². The third-order valence-electron chi connectivity index (χ3n) is 6.66. The van der Waals surface area contributed by atoms with Crippen LogP contribution in [-0.4, -0.2) is 35.2 Å². The van der Waals surface area contributed by atoms with E-state index in [1.165, 1.54) is 58.0 Å². The van der Waals surface area contributed by atoms with Crippen molar-refractivity contribution in [2.24, 2.45) is 10.8 Å². The van der Waals surface area contributed by atoms with Gasteiger partial charge in [0.05, 0.1) is 6.10 Å². The number of hydrogen-bond acceptors (Lipinski definition) is 2. The fraction of sp³-hybridized carbons (Fsp3) is 1.00. The van der Waals surface area contributed by atoms with E-state index in [1.54, 1.807) is 0 Å². The highest BCUT2D eigenvalue weighted by atomic mass is 16.3. The second-order valence-corrected chi connectivity index (χ2v) is 7.90. The third-order valence-corrected chi connectivity index (χ3v) is 6.66. The number of aliphatic hydroxyl groups is 1. The predicted molar refractivity (Wildman–Crippen MR) is 79.1 cm³/mol. The fourth-order valence-corrected chi connectivity index (χ4v) is 5.06. The van der Waals surface area contributed by atoms with Crippen LogP contribution in [0.3, 0.4) is 0 Å². The van der Waals surface area contributed by atoms with Crippen molar-refractivity contribution in [1.29, 1.82) is 0 Å². The topological polar surface area (TPSA) is 23.5 Å². The molecule has 0 aromatic carbocycles. The van der Waals surface area contributed by atoms with Crippen molar-refractivity contribution in [2.45, 2.75) is 83.8 Å². The maximum atomic E-state index is 10.1. The van der Waals surface area contributed by atoms with Gasteiger partial charge in [0, 0.05) is 12.6 Å². The summed E-state index contributed by atoms with van der Waals surface area (Å²) in [6.45, 7) is 7.32. The summed E-state index contributed by atoms with van der Waals surface area (Å²) in [5.74, 6) is 0. The average Bonchev–Trinajstić information content (AvgIpc) is 3.02. The molecule has 0 aromatic rings. The Morgan fingerprint density at radius 1 is 1.16 bits per heavy atom. The van der Waals surface area contributed by atoms with Crippen molar-refractivity contribution in [3.05, 3.63) is 0 Å². The molecule has 2 aliphatic carbocycles. The van der Waals surface area contributed by atoms with E-state index in [9.17, 15) is 5.11 Å². The molecule has 3 unspecified atom stereocenters. The zero-order valence-corrected chi connectivity index (χ0v) is 12.8. The fourth-order valence-electron chi connectivity index (χ4n) is 5.06. The Morgan fingerprint density at radius 2 is 1.89 bits per heavy atom. The van der Waals surface area contributed by atoms with Crippen molar-refractivity contribution in [3.8, 4) is 0 Å². The number of nitrogens with zero attached hydrogens (tertiary/aromatic N) is 1. The maximum Gasteiger partial charge on any atom is 0.0555 e. The van der Waals surface area contributed by atoms with Gasteiger partial charge in [-0.05, 0) is 62.3 Å². The quantitative estimate of drug-likeness (QED) is 0.825. The molecule has 3 fully saturated rings. The summed E-state index contributed by atoms with van der Waals surface area (Å²) in [4.78, 5) is 2.76. The molecular formula is C17H31NO. The van der Waals surface area contributed by atoms with Crippen LogP contribution < -0.4 is 0 Å². The van der Waals surface area contributed by atoms with Crippen molar-refractivity contribution >= 4 is 0 Å². The summed E-state index contributed by atoms with van der Waals surface area (Å²) in [5.41, 5.74) is 1.10. The van der Waals surface area contributed by atoms with Gasteiger partial charge in [0.25, 0.3) is 0 Å². The standard InChI is InChI=1S/C17H31NO/c1-3-16(2)10-11-18(13-16)15-12-14(19)6-9-17(15)7-4-5-8-17/h14-15,19H,3-13H2,1-2H3. The summed E-state index contributed by atoms with van der Waals surface area (Å²) < 4.78 is 0. The summed E-state index contributed by atoms with van der Waals surface area (Å²) in [6, 6.07) is 0.673. The summed E-state index contributed by atoms with van der Waals surface area (Å²) in [7, 11) is 0. The molecule has 110 valence electrons. The minimum absolute atomic E-state index is 0.0373. The smallest absolute Gasteiger partial charge is 0.0555 e. The van der Waals surface area contributed by atoms with Crippen LogP contribution in [0.4, 0.5) is 0 Å². The normalized spacial score (nSPS) is 43.1. The molecule has 0 amide bonds. The Morgan fingerprint density at radius 3 is 2.53 bits per heavy atom. The first kappa shape index (κ1) is 13.9. The summed E-state index contributed by atoms with van der Waals surface area (Å²) in [6.07, 6.45) is 11.7. The molecule has 19 heavy (non-hydrogen) atoms. The number of aliphatic hydroxyl groups excluding tert-OH is 1. The maximum absolute atomic E-state index is 10.1. The third kappa shape index (κ3) is 2.47. The van der Waals surface area contributed by atoms with E-state index in [-0.39, 0.29) is 6.10 Å². The second kappa shape index (κ2) is 5.04. The van der Waals surface area contributed by atoms with E-state index in [4.69, 9.17) is 0 Å². The Bertz CT molecular complexity index is 323. The van der Waals surface area contributed by atoms with Crippen molar-refractivity contribution < 1.29 is 5.11 Å². The van der Waals surface area contributed by atoms with Gasteiger partial charge in [-0.3, -0.25) is 4.90 Å². The number of likely N-dealkylation sites (tertiary alicyclic amines) is 1. The van der Waals surface area contributed by atoms with Gasteiger partial charge in [-0.1, -0.05) is 26.7 Å². The Hall–Kier alpha value is -0.0800. The molecule has 0 radical (unpaired) electrons. The van der Waals surface area contributed by atoms with Crippen LogP contribution in [0, 0.1) is 10.8 Å². The lowest BCUT2D eigenvalue weighted by Gasteiger charge is -2.48. The van der Waals surface area contributed by atoms with Gasteiger partial charge in [0.1, 0.15) is 0 Å². The van der Waals surface area contributed by atoms with Crippen molar-refractivity contribution in [2.75, 3.05) is 13.1 Å². The largest absolute Gasteiger partial charge is 0.393 e. The van der Waals surface area contributed by atoms with Gasteiger partial charge in [-0.2, -0.15) is 0 Å². The molecule has 2 nitrogen and oxygen atoms in total. The number of rotatable bonds is 2. The van der Waals surface area contributed by atoms with Gasteiger partial charge in [0.2, 0.25) is 0 Å². The first-order valence-electron chi connectivity index (χ1n) is 8.49. The summed E-state index contributed by atoms with van der Waals surface area (Å²) in [5, 5.41) is 10.1. The van der Waals surface area contributed by atoms with Gasteiger partial charge in [-0.25, -0.2) is 0 Å². The molecule has 1 heterocycles. The van der Waals surface area contributed by atoms with Crippen LogP contribution in [0.5, 0.6) is 0 Å². The average molecular weight is 265 g/mol. The molecule has 1 spiro atoms. The minimum atomic E-state index is -0.0373. The lowest BCUT2D eigenvalue weighted by molar-refractivity contribution is -0.0213. The van der Waals surface area contributed by atoms with Crippen LogP contribution >= 0.6 is 0 Å². The Labute approximate surface area is 118 Å². The van der Waals surface area contributed by atoms with Gasteiger partial charge in [-0.15, -0.1) is 0 Å². The first-order chi connectivity index (χ1) is 9.07. The van der Waals surface area contributed by atoms with Crippen LogP contribution in [-0.2, 0) is 0 Å². The lowest BCUT2D eigenvalue weighted by Crippen LogP contribution is -2.51. The first-order valence-corrected chi connectivity index (χ1v) is 8.49. The molecule has 3 atom stereocenters. The van der Waals surface area contributed by atoms with Crippen LogP contribution in [0.1, 0.15) is 71.6 Å². The van der Waals surface area contributed by atoms with E-state index in [0.29, 0.717) is 16.9 Å². The predicted octanol–water partition coefficient (Wildman–Crippen LogP) is 3.58. The highest BCUT2D eigenvalue weighted by molar-refractivity contribution is 5.02. The van der Waals surface area contributed by atoms with E-state index < -0.39 is 0 Å². The van der Waals surface area contributed by atoms with Crippen LogP contribution in [0.2, 0.25) is 0 Å². The molecule has 3 rings (SSSR count). The molecule has 1 saturated heterocycles. The summed E-state index contributed by atoms with van der Waals surface area (Å²) >= 11 is 0. The lowest BCUT2D eigenvalue weighted by atomic mass is 9.67. The van der Waals surface area contributed by atoms with Crippen LogP contribution in [0.25, 0.3) is 0 Å². The molecular weight excluding hydrogens is 234 g/mol. The molecule has 1 N–H and O–H groups in total. The minimum Gasteiger partial charge on any atom is -0.393 e. The highest BCUT2D eigenvalue weighted by Crippen LogP contribution is 2.52. The van der Waals surface area contributed by atoms with Gasteiger partial charge in [0.15, 0.2) is 0 Å². The highest BCUT2D eigenvalue weighted by Gasteiger charge is 2.49. The zero-order valence-electron chi connectivity index (χ0n) is 12.8. The zero-order chi connectivity index (χ0) is 13.5. The molecule has 0 aromatic heterocycles. The van der Waals surface area contributed by atoms with Crippen LogP contribution in [0.15, 0.2) is 0 Å². The number of hydrogen-bond donors (Lipinski definition) is 1. The van der Waals surface area contributed by atoms with E-state index in [0.717, 1.165) is 12.8 Å². The Balaban J connectivity index is 1.76. The van der Waals surface area contributed by atoms with E-state index >= 15 is 0 Å². The molecule has 2 heteroatoms. The SMILES string of the molecule is CCC1(C)CCN(C2CC(O)CCC23CCCC3)C1. The monoisotopic (exact) mass is 265 g/mol. The molecule has 3 aliphatic rings.